The Morgan fingerprint density at radius 3 is 2.20 bits per heavy atom. The van der Waals surface area contributed by atoms with Gasteiger partial charge in [-0.2, -0.15) is 0 Å². The Kier molecular flexibility index (Phi) is 4.15. The van der Waals surface area contributed by atoms with Crippen LogP contribution >= 0.6 is 0 Å². The van der Waals surface area contributed by atoms with Gasteiger partial charge in [-0.1, -0.05) is 30.3 Å². The van der Waals surface area contributed by atoms with Gasteiger partial charge in [-0.05, 0) is 30.2 Å². The van der Waals surface area contributed by atoms with Crippen molar-refractivity contribution in [2.24, 2.45) is 0 Å². The SMILES string of the molecule is Cc1ccccc1CNS(=O)(=O)c1c(F)cccc1F. The van der Waals surface area contributed by atoms with Gasteiger partial charge < -0.3 is 0 Å². The van der Waals surface area contributed by atoms with E-state index in [2.05, 4.69) is 4.72 Å². The van der Waals surface area contributed by atoms with Crippen LogP contribution in [0.4, 0.5) is 8.78 Å². The summed E-state index contributed by atoms with van der Waals surface area (Å²) in [6, 6.07) is 10.1. The van der Waals surface area contributed by atoms with Crippen LogP contribution in [0.1, 0.15) is 11.1 Å². The average molecular weight is 297 g/mol. The van der Waals surface area contributed by atoms with Crippen molar-refractivity contribution in [3.05, 3.63) is 65.2 Å². The fraction of sp³-hybridized carbons (Fsp3) is 0.143. The molecule has 2 aromatic rings. The third kappa shape index (κ3) is 3.02. The van der Waals surface area contributed by atoms with Crippen molar-refractivity contribution in [1.29, 1.82) is 0 Å². The Balaban J connectivity index is 2.27. The van der Waals surface area contributed by atoms with E-state index in [0.29, 0.717) is 0 Å². The van der Waals surface area contributed by atoms with Gasteiger partial charge in [0.1, 0.15) is 11.6 Å². The first-order valence-corrected chi connectivity index (χ1v) is 7.38. The Bertz CT molecular complexity index is 709. The highest BCUT2D eigenvalue weighted by Gasteiger charge is 2.23. The Morgan fingerprint density at radius 1 is 1.00 bits per heavy atom. The Morgan fingerprint density at radius 2 is 1.60 bits per heavy atom. The van der Waals surface area contributed by atoms with Gasteiger partial charge in [-0.15, -0.1) is 0 Å². The topological polar surface area (TPSA) is 46.2 Å². The maximum absolute atomic E-state index is 13.5. The van der Waals surface area contributed by atoms with Crippen molar-refractivity contribution in [2.75, 3.05) is 0 Å². The molecule has 0 saturated heterocycles. The molecule has 0 unspecified atom stereocenters. The fourth-order valence-corrected chi connectivity index (χ4v) is 2.93. The van der Waals surface area contributed by atoms with E-state index in [1.54, 1.807) is 12.1 Å². The van der Waals surface area contributed by atoms with Crippen LogP contribution in [-0.2, 0) is 16.6 Å². The molecule has 2 rings (SSSR count). The van der Waals surface area contributed by atoms with E-state index in [1.165, 1.54) is 0 Å². The van der Waals surface area contributed by atoms with Crippen LogP contribution in [0.5, 0.6) is 0 Å². The summed E-state index contributed by atoms with van der Waals surface area (Å²) in [5, 5.41) is 0. The Hall–Kier alpha value is -1.79. The van der Waals surface area contributed by atoms with Gasteiger partial charge >= 0.3 is 0 Å². The molecule has 2 aromatic carbocycles. The molecule has 106 valence electrons. The number of hydrogen-bond acceptors (Lipinski definition) is 2. The van der Waals surface area contributed by atoms with Crippen LogP contribution in [0.3, 0.4) is 0 Å². The highest BCUT2D eigenvalue weighted by atomic mass is 32.2. The number of benzene rings is 2. The monoisotopic (exact) mass is 297 g/mol. The number of rotatable bonds is 4. The maximum Gasteiger partial charge on any atom is 0.246 e. The van der Waals surface area contributed by atoms with Gasteiger partial charge in [0.25, 0.3) is 0 Å². The van der Waals surface area contributed by atoms with Crippen LogP contribution in [0.25, 0.3) is 0 Å². The van der Waals surface area contributed by atoms with Crippen LogP contribution in [0.15, 0.2) is 47.4 Å². The third-order valence-corrected chi connectivity index (χ3v) is 4.35. The molecule has 20 heavy (non-hydrogen) atoms. The van der Waals surface area contributed by atoms with E-state index in [1.807, 2.05) is 19.1 Å². The van der Waals surface area contributed by atoms with Crippen LogP contribution < -0.4 is 4.72 Å². The lowest BCUT2D eigenvalue weighted by molar-refractivity contribution is 0.514. The van der Waals surface area contributed by atoms with E-state index in [-0.39, 0.29) is 6.54 Å². The van der Waals surface area contributed by atoms with Gasteiger partial charge in [0.05, 0.1) is 0 Å². The second kappa shape index (κ2) is 5.68. The molecule has 0 amide bonds. The maximum atomic E-state index is 13.5. The smallest absolute Gasteiger partial charge is 0.207 e. The first-order chi connectivity index (χ1) is 9.42. The molecule has 3 nitrogen and oxygen atoms in total. The van der Waals surface area contributed by atoms with Crippen molar-refractivity contribution >= 4 is 10.0 Å². The quantitative estimate of drug-likeness (QED) is 0.943. The molecule has 0 heterocycles. The van der Waals surface area contributed by atoms with E-state index >= 15 is 0 Å². The largest absolute Gasteiger partial charge is 0.246 e. The number of aryl methyl sites for hydroxylation is 1. The van der Waals surface area contributed by atoms with Crippen LogP contribution in [0.2, 0.25) is 0 Å². The van der Waals surface area contributed by atoms with Crippen molar-refractivity contribution < 1.29 is 17.2 Å². The molecule has 0 spiro atoms. The van der Waals surface area contributed by atoms with Gasteiger partial charge in [0, 0.05) is 6.54 Å². The molecule has 0 aromatic heterocycles. The number of hydrogen-bond donors (Lipinski definition) is 1. The molecule has 0 saturated carbocycles. The molecule has 0 aliphatic heterocycles. The summed E-state index contributed by atoms with van der Waals surface area (Å²) in [6.07, 6.45) is 0. The van der Waals surface area contributed by atoms with E-state index < -0.39 is 26.6 Å². The second-order valence-electron chi connectivity index (χ2n) is 4.30. The summed E-state index contributed by atoms with van der Waals surface area (Å²) in [6.45, 7) is 1.80. The second-order valence-corrected chi connectivity index (χ2v) is 6.01. The molecule has 0 fully saturated rings. The summed E-state index contributed by atoms with van der Waals surface area (Å²) in [4.78, 5) is -0.950. The predicted octanol–water partition coefficient (Wildman–Crippen LogP) is 2.75. The fourth-order valence-electron chi connectivity index (χ4n) is 1.79. The summed E-state index contributed by atoms with van der Waals surface area (Å²) in [5.74, 6) is -2.22. The van der Waals surface area contributed by atoms with Gasteiger partial charge in [-0.3, -0.25) is 0 Å². The zero-order chi connectivity index (χ0) is 14.8. The standard InChI is InChI=1S/C14H13F2NO2S/c1-10-5-2-3-6-11(10)9-17-20(18,19)14-12(15)7-4-8-13(14)16/h2-8,17H,9H2,1H3. The van der Waals surface area contributed by atoms with Gasteiger partial charge in [-0.25, -0.2) is 21.9 Å². The van der Waals surface area contributed by atoms with Gasteiger partial charge in [0.15, 0.2) is 4.90 Å². The first-order valence-electron chi connectivity index (χ1n) is 5.90. The zero-order valence-corrected chi connectivity index (χ0v) is 11.5. The lowest BCUT2D eigenvalue weighted by atomic mass is 10.1. The van der Waals surface area contributed by atoms with Crippen LogP contribution in [-0.4, -0.2) is 8.42 Å². The van der Waals surface area contributed by atoms with Crippen molar-refractivity contribution in [3.63, 3.8) is 0 Å². The molecule has 0 bridgehead atoms. The number of nitrogens with one attached hydrogen (secondary N) is 1. The van der Waals surface area contributed by atoms with Crippen LogP contribution in [0, 0.1) is 18.6 Å². The third-order valence-electron chi connectivity index (χ3n) is 2.90. The number of sulfonamides is 1. The summed E-state index contributed by atoms with van der Waals surface area (Å²) in [7, 11) is -4.24. The van der Waals surface area contributed by atoms with E-state index in [9.17, 15) is 17.2 Å². The minimum Gasteiger partial charge on any atom is -0.207 e. The highest BCUT2D eigenvalue weighted by molar-refractivity contribution is 7.89. The Labute approximate surface area is 116 Å². The molecule has 0 atom stereocenters. The molecule has 0 radical (unpaired) electrons. The lowest BCUT2D eigenvalue weighted by Crippen LogP contribution is -2.25. The summed E-state index contributed by atoms with van der Waals surface area (Å²) < 4.78 is 53.1. The van der Waals surface area contributed by atoms with Crippen molar-refractivity contribution in [2.45, 2.75) is 18.4 Å². The first kappa shape index (κ1) is 14.6. The molecular weight excluding hydrogens is 284 g/mol. The van der Waals surface area contributed by atoms with E-state index in [0.717, 1.165) is 29.3 Å². The normalized spacial score (nSPS) is 11.6. The lowest BCUT2D eigenvalue weighted by Gasteiger charge is -2.10. The highest BCUT2D eigenvalue weighted by Crippen LogP contribution is 2.18. The van der Waals surface area contributed by atoms with E-state index in [4.69, 9.17) is 0 Å². The molecule has 1 N–H and O–H groups in total. The minimum absolute atomic E-state index is 0.0250. The molecule has 0 aliphatic carbocycles. The zero-order valence-electron chi connectivity index (χ0n) is 10.7. The molecular formula is C14H13F2NO2S. The number of halogens is 2. The van der Waals surface area contributed by atoms with Crippen molar-refractivity contribution in [3.8, 4) is 0 Å². The van der Waals surface area contributed by atoms with Crippen molar-refractivity contribution in [1.82, 2.24) is 4.72 Å². The minimum atomic E-state index is -4.24. The van der Waals surface area contributed by atoms with Gasteiger partial charge in [0.2, 0.25) is 10.0 Å². The summed E-state index contributed by atoms with van der Waals surface area (Å²) in [5.41, 5.74) is 1.64. The average Bonchev–Trinajstić information content (AvgIpc) is 2.37. The molecule has 6 heteroatoms. The summed E-state index contributed by atoms with van der Waals surface area (Å²) >= 11 is 0. The molecule has 0 aliphatic rings. The predicted molar refractivity (Wildman–Crippen MR) is 71.6 cm³/mol.